The minimum atomic E-state index is -0.446. The van der Waals surface area contributed by atoms with Gasteiger partial charge in [-0.05, 0) is 27.2 Å². The summed E-state index contributed by atoms with van der Waals surface area (Å²) in [6.07, 6.45) is 0.718. The lowest BCUT2D eigenvalue weighted by Crippen LogP contribution is -2.62. The Balaban J connectivity index is 2.43. The van der Waals surface area contributed by atoms with Crippen molar-refractivity contribution < 1.29 is 14.3 Å². The van der Waals surface area contributed by atoms with Crippen molar-refractivity contribution in [2.75, 3.05) is 7.11 Å². The predicted octanol–water partition coefficient (Wildman–Crippen LogP) is 2.32. The van der Waals surface area contributed by atoms with E-state index in [4.69, 9.17) is 9.47 Å². The van der Waals surface area contributed by atoms with Gasteiger partial charge in [-0.3, -0.25) is 0 Å². The standard InChI is InChI=1S/C12H23NO3/c1-11(2,3)16-10(14)13-8-7-9(15-6)12(8,4)5/h8-9H,7H2,1-6H3,(H,13,14). The van der Waals surface area contributed by atoms with Gasteiger partial charge in [-0.1, -0.05) is 13.8 Å². The van der Waals surface area contributed by atoms with Crippen molar-refractivity contribution in [2.45, 2.75) is 58.8 Å². The maximum atomic E-state index is 11.6. The third-order valence-corrected chi connectivity index (χ3v) is 3.15. The molecule has 1 aliphatic carbocycles. The average Bonchev–Trinajstić information content (AvgIpc) is 2.08. The van der Waals surface area contributed by atoms with E-state index in [0.717, 1.165) is 6.42 Å². The van der Waals surface area contributed by atoms with Crippen molar-refractivity contribution in [1.82, 2.24) is 5.32 Å². The van der Waals surface area contributed by atoms with Crippen molar-refractivity contribution in [3.05, 3.63) is 0 Å². The van der Waals surface area contributed by atoms with Crippen LogP contribution in [0.2, 0.25) is 0 Å². The van der Waals surface area contributed by atoms with Gasteiger partial charge in [0.1, 0.15) is 5.60 Å². The van der Waals surface area contributed by atoms with Gasteiger partial charge >= 0.3 is 6.09 Å². The fourth-order valence-corrected chi connectivity index (χ4v) is 1.98. The molecule has 4 heteroatoms. The molecule has 2 unspecified atom stereocenters. The number of alkyl carbamates (subject to hydrolysis) is 1. The highest BCUT2D eigenvalue weighted by atomic mass is 16.6. The first-order valence-electron chi connectivity index (χ1n) is 5.69. The first-order chi connectivity index (χ1) is 7.16. The molecule has 1 saturated carbocycles. The summed E-state index contributed by atoms with van der Waals surface area (Å²) in [4.78, 5) is 11.6. The fourth-order valence-electron chi connectivity index (χ4n) is 1.98. The highest BCUT2D eigenvalue weighted by Gasteiger charge is 2.49. The number of carbonyl (C=O) groups is 1. The molecular formula is C12H23NO3. The molecule has 1 N–H and O–H groups in total. The topological polar surface area (TPSA) is 47.6 Å². The van der Waals surface area contributed by atoms with Crippen LogP contribution in [0.4, 0.5) is 4.79 Å². The summed E-state index contributed by atoms with van der Waals surface area (Å²) in [5.41, 5.74) is -0.468. The number of amides is 1. The fraction of sp³-hybridized carbons (Fsp3) is 0.917. The maximum Gasteiger partial charge on any atom is 0.407 e. The van der Waals surface area contributed by atoms with Crippen LogP contribution in [0.1, 0.15) is 41.0 Å². The summed E-state index contributed by atoms with van der Waals surface area (Å²) in [6.45, 7) is 9.75. The molecule has 0 aliphatic heterocycles. The second-order valence-corrected chi connectivity index (χ2v) is 5.98. The largest absolute Gasteiger partial charge is 0.444 e. The molecule has 0 aromatic carbocycles. The van der Waals surface area contributed by atoms with Gasteiger partial charge in [0, 0.05) is 18.6 Å². The van der Waals surface area contributed by atoms with Crippen molar-refractivity contribution in [3.8, 4) is 0 Å². The monoisotopic (exact) mass is 229 g/mol. The Morgan fingerprint density at radius 1 is 1.38 bits per heavy atom. The molecule has 1 rings (SSSR count). The molecule has 2 atom stereocenters. The smallest absolute Gasteiger partial charge is 0.407 e. The first-order valence-corrected chi connectivity index (χ1v) is 5.69. The van der Waals surface area contributed by atoms with E-state index >= 15 is 0 Å². The van der Waals surface area contributed by atoms with Crippen LogP contribution in [0, 0.1) is 5.41 Å². The molecule has 0 spiro atoms. The predicted molar refractivity (Wildman–Crippen MR) is 62.4 cm³/mol. The number of hydrogen-bond acceptors (Lipinski definition) is 3. The van der Waals surface area contributed by atoms with Gasteiger partial charge in [-0.2, -0.15) is 0 Å². The van der Waals surface area contributed by atoms with Crippen LogP contribution >= 0.6 is 0 Å². The zero-order valence-corrected chi connectivity index (χ0v) is 11.1. The summed E-state index contributed by atoms with van der Waals surface area (Å²) < 4.78 is 10.5. The number of hydrogen-bond donors (Lipinski definition) is 1. The van der Waals surface area contributed by atoms with Crippen LogP contribution < -0.4 is 5.32 Å². The Hall–Kier alpha value is -0.770. The summed E-state index contributed by atoms with van der Waals surface area (Å²) >= 11 is 0. The Morgan fingerprint density at radius 3 is 2.31 bits per heavy atom. The van der Waals surface area contributed by atoms with Crippen LogP contribution in [-0.2, 0) is 9.47 Å². The summed E-state index contributed by atoms with van der Waals surface area (Å²) in [5, 5.41) is 2.89. The Kier molecular flexibility index (Phi) is 3.53. The van der Waals surface area contributed by atoms with Crippen LogP contribution in [0.5, 0.6) is 0 Å². The summed E-state index contributed by atoms with van der Waals surface area (Å²) in [6, 6.07) is 0.132. The summed E-state index contributed by atoms with van der Waals surface area (Å²) in [5.74, 6) is 0. The molecule has 4 nitrogen and oxygen atoms in total. The van der Waals surface area contributed by atoms with Gasteiger partial charge in [-0.25, -0.2) is 4.79 Å². The average molecular weight is 229 g/mol. The number of ether oxygens (including phenoxy) is 2. The van der Waals surface area contributed by atoms with Crippen molar-refractivity contribution in [2.24, 2.45) is 5.41 Å². The molecular weight excluding hydrogens is 206 g/mol. The van der Waals surface area contributed by atoms with Gasteiger partial charge in [0.05, 0.1) is 6.10 Å². The van der Waals surface area contributed by atoms with Gasteiger partial charge < -0.3 is 14.8 Å². The molecule has 0 aromatic rings. The first kappa shape index (κ1) is 13.3. The van der Waals surface area contributed by atoms with Crippen LogP contribution in [0.3, 0.4) is 0 Å². The van der Waals surface area contributed by atoms with E-state index in [9.17, 15) is 4.79 Å². The van der Waals surface area contributed by atoms with E-state index in [1.165, 1.54) is 0 Å². The molecule has 0 aromatic heterocycles. The molecule has 0 bridgehead atoms. The van der Waals surface area contributed by atoms with Crippen molar-refractivity contribution in [1.29, 1.82) is 0 Å². The lowest BCUT2D eigenvalue weighted by molar-refractivity contribution is -0.0972. The van der Waals surface area contributed by atoms with E-state index in [2.05, 4.69) is 19.2 Å². The zero-order chi connectivity index (χ0) is 12.6. The third-order valence-electron chi connectivity index (χ3n) is 3.15. The molecule has 94 valence electrons. The molecule has 1 aliphatic rings. The van der Waals surface area contributed by atoms with Crippen LogP contribution in [-0.4, -0.2) is 30.9 Å². The summed E-state index contributed by atoms with van der Waals surface area (Å²) in [7, 11) is 1.70. The molecule has 16 heavy (non-hydrogen) atoms. The lowest BCUT2D eigenvalue weighted by atomic mass is 9.64. The molecule has 0 radical (unpaired) electrons. The van der Waals surface area contributed by atoms with E-state index < -0.39 is 5.60 Å². The van der Waals surface area contributed by atoms with E-state index in [1.54, 1.807) is 7.11 Å². The minimum absolute atomic E-state index is 0.0222. The SMILES string of the molecule is COC1CC(NC(=O)OC(C)(C)C)C1(C)C. The second kappa shape index (κ2) is 4.24. The molecule has 0 heterocycles. The Bertz CT molecular complexity index is 268. The van der Waals surface area contributed by atoms with Gasteiger partial charge in [0.2, 0.25) is 0 Å². The van der Waals surface area contributed by atoms with E-state index in [0.29, 0.717) is 0 Å². The quantitative estimate of drug-likeness (QED) is 0.790. The second-order valence-electron chi connectivity index (χ2n) is 5.98. The lowest BCUT2D eigenvalue weighted by Gasteiger charge is -2.51. The van der Waals surface area contributed by atoms with E-state index in [-0.39, 0.29) is 23.7 Å². The number of carbonyl (C=O) groups excluding carboxylic acids is 1. The normalized spacial score (nSPS) is 28.1. The molecule has 1 amide bonds. The number of methoxy groups -OCH3 is 1. The highest BCUT2D eigenvalue weighted by Crippen LogP contribution is 2.42. The van der Waals surface area contributed by atoms with Gasteiger partial charge in [-0.15, -0.1) is 0 Å². The number of rotatable bonds is 2. The number of nitrogens with one attached hydrogen (secondary N) is 1. The molecule has 0 saturated heterocycles. The van der Waals surface area contributed by atoms with E-state index in [1.807, 2.05) is 20.8 Å². The third kappa shape index (κ3) is 2.88. The zero-order valence-electron chi connectivity index (χ0n) is 11.1. The highest BCUT2D eigenvalue weighted by molar-refractivity contribution is 5.68. The van der Waals surface area contributed by atoms with Crippen molar-refractivity contribution in [3.63, 3.8) is 0 Å². The van der Waals surface area contributed by atoms with Crippen LogP contribution in [0.15, 0.2) is 0 Å². The van der Waals surface area contributed by atoms with Gasteiger partial charge in [0.25, 0.3) is 0 Å². The Morgan fingerprint density at radius 2 is 1.94 bits per heavy atom. The van der Waals surface area contributed by atoms with Crippen LogP contribution in [0.25, 0.3) is 0 Å². The maximum absolute atomic E-state index is 11.6. The van der Waals surface area contributed by atoms with Crippen molar-refractivity contribution >= 4 is 6.09 Å². The molecule has 1 fully saturated rings. The minimum Gasteiger partial charge on any atom is -0.444 e. The Labute approximate surface area is 97.7 Å². The van der Waals surface area contributed by atoms with Gasteiger partial charge in [0.15, 0.2) is 0 Å².